The number of halogens is 1. The van der Waals surface area contributed by atoms with Gasteiger partial charge in [0, 0.05) is 10.4 Å². The van der Waals surface area contributed by atoms with Crippen molar-refractivity contribution in [3.8, 4) is 5.69 Å². The van der Waals surface area contributed by atoms with Crippen LogP contribution in [-0.2, 0) is 0 Å². The molecule has 4 rings (SSSR count). The molecule has 0 bridgehead atoms. The van der Waals surface area contributed by atoms with Crippen LogP contribution in [0.3, 0.4) is 0 Å². The van der Waals surface area contributed by atoms with Crippen LogP contribution in [0, 0.1) is 0 Å². The van der Waals surface area contributed by atoms with Crippen molar-refractivity contribution in [2.45, 2.75) is 13.0 Å². The van der Waals surface area contributed by atoms with Gasteiger partial charge in [-0.05, 0) is 42.8 Å². The molecule has 1 heterocycles. The van der Waals surface area contributed by atoms with Gasteiger partial charge < -0.3 is 5.32 Å². The van der Waals surface area contributed by atoms with Crippen LogP contribution >= 0.6 is 11.6 Å². The minimum Gasteiger partial charge on any atom is -0.344 e. The average Bonchev–Trinajstić information content (AvgIpc) is 2.75. The topological polar surface area (TPSA) is 64.0 Å². The molecule has 6 heteroatoms. The van der Waals surface area contributed by atoms with Crippen molar-refractivity contribution in [3.05, 3.63) is 105 Å². The van der Waals surface area contributed by atoms with Gasteiger partial charge in [-0.15, -0.1) is 0 Å². The summed E-state index contributed by atoms with van der Waals surface area (Å²) in [6.45, 7) is 1.89. The third kappa shape index (κ3) is 3.77. The van der Waals surface area contributed by atoms with Crippen LogP contribution in [0.25, 0.3) is 16.5 Å². The summed E-state index contributed by atoms with van der Waals surface area (Å²) in [5, 5.41) is 8.96. The molecular weight excluding hydrogens is 386 g/mol. The first-order valence-corrected chi connectivity index (χ1v) is 9.56. The maximum atomic E-state index is 13.1. The summed E-state index contributed by atoms with van der Waals surface area (Å²) < 4.78 is 1.27. The van der Waals surface area contributed by atoms with Crippen LogP contribution in [0.2, 0.25) is 5.02 Å². The van der Waals surface area contributed by atoms with E-state index in [1.165, 1.54) is 4.68 Å². The summed E-state index contributed by atoms with van der Waals surface area (Å²) in [5.41, 5.74) is 1.45. The minimum atomic E-state index is -0.353. The lowest BCUT2D eigenvalue weighted by atomic mass is 10.1. The highest BCUT2D eigenvalue weighted by Crippen LogP contribution is 2.19. The number of hydrogen-bond acceptors (Lipinski definition) is 3. The van der Waals surface area contributed by atoms with Gasteiger partial charge in [-0.1, -0.05) is 60.1 Å². The van der Waals surface area contributed by atoms with Crippen molar-refractivity contribution < 1.29 is 4.79 Å². The Morgan fingerprint density at radius 3 is 2.24 bits per heavy atom. The molecule has 0 saturated heterocycles. The number of fused-ring (bicyclic) bond motifs is 1. The Labute approximate surface area is 172 Å². The molecule has 4 aromatic rings. The van der Waals surface area contributed by atoms with Crippen LogP contribution in [0.5, 0.6) is 0 Å². The SMILES string of the molecule is C[C@H](NC(=O)c1nn(-c2ccccc2)c(=O)c2ccccc12)c1ccc(Cl)cc1. The molecule has 29 heavy (non-hydrogen) atoms. The van der Waals surface area contributed by atoms with Crippen molar-refractivity contribution in [2.24, 2.45) is 0 Å². The second kappa shape index (κ2) is 7.89. The van der Waals surface area contributed by atoms with Gasteiger partial charge in [-0.3, -0.25) is 9.59 Å². The Hall–Kier alpha value is -3.44. The van der Waals surface area contributed by atoms with Crippen LogP contribution in [0.15, 0.2) is 83.7 Å². The summed E-state index contributed by atoms with van der Waals surface area (Å²) in [5.74, 6) is -0.353. The summed E-state index contributed by atoms with van der Waals surface area (Å²) >= 11 is 5.94. The van der Waals surface area contributed by atoms with Crippen molar-refractivity contribution in [3.63, 3.8) is 0 Å². The normalized spacial score (nSPS) is 11.9. The van der Waals surface area contributed by atoms with E-state index in [0.717, 1.165) is 5.56 Å². The maximum absolute atomic E-state index is 13.1. The Balaban J connectivity index is 1.78. The van der Waals surface area contributed by atoms with E-state index in [-0.39, 0.29) is 23.2 Å². The number of nitrogens with zero attached hydrogens (tertiary/aromatic N) is 2. The molecule has 1 N–H and O–H groups in total. The summed E-state index contributed by atoms with van der Waals surface area (Å²) in [6.07, 6.45) is 0. The van der Waals surface area contributed by atoms with Gasteiger partial charge in [0.15, 0.2) is 5.69 Å². The Morgan fingerprint density at radius 1 is 0.931 bits per heavy atom. The van der Waals surface area contributed by atoms with E-state index in [4.69, 9.17) is 11.6 Å². The predicted molar refractivity (Wildman–Crippen MR) is 115 cm³/mol. The monoisotopic (exact) mass is 403 g/mol. The third-order valence-electron chi connectivity index (χ3n) is 4.74. The van der Waals surface area contributed by atoms with E-state index >= 15 is 0 Å². The number of amides is 1. The molecule has 0 saturated carbocycles. The van der Waals surface area contributed by atoms with Crippen molar-refractivity contribution in [2.75, 3.05) is 0 Å². The van der Waals surface area contributed by atoms with Crippen molar-refractivity contribution in [1.29, 1.82) is 0 Å². The molecule has 0 unspecified atom stereocenters. The quantitative estimate of drug-likeness (QED) is 0.544. The van der Waals surface area contributed by atoms with Gasteiger partial charge in [-0.2, -0.15) is 9.78 Å². The predicted octanol–water partition coefficient (Wildman–Crippen LogP) is 4.53. The fourth-order valence-corrected chi connectivity index (χ4v) is 3.33. The van der Waals surface area contributed by atoms with Crippen molar-refractivity contribution >= 4 is 28.3 Å². The van der Waals surface area contributed by atoms with E-state index in [1.807, 2.05) is 37.3 Å². The smallest absolute Gasteiger partial charge is 0.279 e. The summed E-state index contributed by atoms with van der Waals surface area (Å²) in [4.78, 5) is 26.0. The average molecular weight is 404 g/mol. The van der Waals surface area contributed by atoms with Crippen LogP contribution in [0.1, 0.15) is 29.0 Å². The highest BCUT2D eigenvalue weighted by molar-refractivity contribution is 6.30. The van der Waals surface area contributed by atoms with Crippen LogP contribution < -0.4 is 10.9 Å². The highest BCUT2D eigenvalue weighted by Gasteiger charge is 2.19. The number of rotatable bonds is 4. The second-order valence-electron chi connectivity index (χ2n) is 6.69. The maximum Gasteiger partial charge on any atom is 0.279 e. The van der Waals surface area contributed by atoms with Crippen molar-refractivity contribution in [1.82, 2.24) is 15.1 Å². The molecule has 0 aliphatic rings. The van der Waals surface area contributed by atoms with Gasteiger partial charge in [0.25, 0.3) is 11.5 Å². The molecule has 0 fully saturated rings. The fourth-order valence-electron chi connectivity index (χ4n) is 3.20. The Morgan fingerprint density at radius 2 is 1.55 bits per heavy atom. The molecule has 1 aromatic heterocycles. The van der Waals surface area contributed by atoms with Crippen LogP contribution in [0.4, 0.5) is 0 Å². The first kappa shape index (κ1) is 18.9. The van der Waals surface area contributed by atoms with E-state index in [9.17, 15) is 9.59 Å². The van der Waals surface area contributed by atoms with E-state index in [1.54, 1.807) is 48.5 Å². The molecule has 0 radical (unpaired) electrons. The molecule has 3 aromatic carbocycles. The molecule has 1 amide bonds. The van der Waals surface area contributed by atoms with Gasteiger partial charge >= 0.3 is 0 Å². The zero-order chi connectivity index (χ0) is 20.4. The number of benzene rings is 3. The molecular formula is C23H18ClN3O2. The molecule has 0 aliphatic carbocycles. The number of carbonyl (C=O) groups excluding carboxylic acids is 1. The lowest BCUT2D eigenvalue weighted by Gasteiger charge is -2.16. The largest absolute Gasteiger partial charge is 0.344 e. The Kier molecular flexibility index (Phi) is 5.14. The molecule has 0 spiro atoms. The third-order valence-corrected chi connectivity index (χ3v) is 4.99. The molecule has 0 aliphatic heterocycles. The zero-order valence-electron chi connectivity index (χ0n) is 15.7. The second-order valence-corrected chi connectivity index (χ2v) is 7.13. The molecule has 5 nitrogen and oxygen atoms in total. The summed E-state index contributed by atoms with van der Waals surface area (Å²) in [6, 6.07) is 23.1. The first-order valence-electron chi connectivity index (χ1n) is 9.18. The number of nitrogens with one attached hydrogen (secondary N) is 1. The molecule has 144 valence electrons. The minimum absolute atomic E-state index is 0.199. The lowest BCUT2D eigenvalue weighted by molar-refractivity contribution is 0.0935. The van der Waals surface area contributed by atoms with E-state index < -0.39 is 0 Å². The van der Waals surface area contributed by atoms with Gasteiger partial charge in [0.1, 0.15) is 0 Å². The van der Waals surface area contributed by atoms with Gasteiger partial charge in [0.2, 0.25) is 0 Å². The lowest BCUT2D eigenvalue weighted by Crippen LogP contribution is -2.31. The standard InChI is InChI=1S/C23H18ClN3O2/c1-15(16-11-13-17(24)14-12-16)25-22(28)21-19-9-5-6-10-20(19)23(29)27(26-21)18-7-3-2-4-8-18/h2-15H,1H3,(H,25,28)/t15-/m0/s1. The van der Waals surface area contributed by atoms with Gasteiger partial charge in [-0.25, -0.2) is 0 Å². The van der Waals surface area contributed by atoms with Crippen LogP contribution in [-0.4, -0.2) is 15.7 Å². The summed E-state index contributed by atoms with van der Waals surface area (Å²) in [7, 11) is 0. The first-order chi connectivity index (χ1) is 14.0. The number of carbonyl (C=O) groups is 1. The molecule has 1 atom stereocenters. The number of hydrogen-bond donors (Lipinski definition) is 1. The number of aromatic nitrogens is 2. The fraction of sp³-hybridized carbons (Fsp3) is 0.0870. The number of para-hydroxylation sites is 1. The zero-order valence-corrected chi connectivity index (χ0v) is 16.4. The highest BCUT2D eigenvalue weighted by atomic mass is 35.5. The van der Waals surface area contributed by atoms with E-state index in [2.05, 4.69) is 10.4 Å². The van der Waals surface area contributed by atoms with Gasteiger partial charge in [0.05, 0.1) is 17.1 Å². The van der Waals surface area contributed by atoms with E-state index in [0.29, 0.717) is 21.5 Å². The Bertz CT molecular complexity index is 1230.